The molecule has 0 unspecified atom stereocenters. The van der Waals surface area contributed by atoms with Crippen LogP contribution in [0.15, 0.2) is 24.3 Å². The van der Waals surface area contributed by atoms with Crippen molar-refractivity contribution in [3.8, 4) is 5.75 Å². The quantitative estimate of drug-likeness (QED) is 0.742. The van der Waals surface area contributed by atoms with Gasteiger partial charge in [0.05, 0.1) is 13.2 Å². The van der Waals surface area contributed by atoms with Crippen LogP contribution < -0.4 is 4.74 Å². The molecule has 0 aromatic heterocycles. The second-order valence-electron chi connectivity index (χ2n) is 3.01. The van der Waals surface area contributed by atoms with Crippen LogP contribution >= 0.6 is 0 Å². The molecular weight excluding hydrogens is 164 g/mol. The number of aliphatic hydroxyl groups is 1. The van der Waals surface area contributed by atoms with Crippen molar-refractivity contribution in [1.82, 2.24) is 0 Å². The zero-order valence-corrected chi connectivity index (χ0v) is 7.36. The lowest BCUT2D eigenvalue weighted by Gasteiger charge is -2.01. The zero-order chi connectivity index (χ0) is 9.10. The maximum atomic E-state index is 8.66. The van der Waals surface area contributed by atoms with Crippen LogP contribution in [-0.4, -0.2) is 18.3 Å². The fraction of sp³-hybridized carbons (Fsp3) is 0.273. The van der Waals surface area contributed by atoms with Crippen molar-refractivity contribution < 1.29 is 9.84 Å². The van der Waals surface area contributed by atoms with E-state index in [-0.39, 0.29) is 6.61 Å². The van der Waals surface area contributed by atoms with E-state index in [0.29, 0.717) is 0 Å². The van der Waals surface area contributed by atoms with Crippen LogP contribution in [0.3, 0.4) is 0 Å². The number of hydrogen-bond acceptors (Lipinski definition) is 2. The van der Waals surface area contributed by atoms with E-state index < -0.39 is 0 Å². The SMILES string of the molecule is OC/C=C/c1cccc2c1CCO2. The third kappa shape index (κ3) is 1.58. The summed E-state index contributed by atoms with van der Waals surface area (Å²) in [6, 6.07) is 6.00. The molecular formula is C11H12O2. The predicted octanol–water partition coefficient (Wildman–Crippen LogP) is 1.63. The van der Waals surface area contributed by atoms with Gasteiger partial charge in [0.2, 0.25) is 0 Å². The lowest BCUT2D eigenvalue weighted by Crippen LogP contribution is -1.86. The van der Waals surface area contributed by atoms with Gasteiger partial charge in [-0.25, -0.2) is 0 Å². The highest BCUT2D eigenvalue weighted by atomic mass is 16.5. The van der Waals surface area contributed by atoms with Crippen molar-refractivity contribution >= 4 is 6.08 Å². The maximum absolute atomic E-state index is 8.66. The third-order valence-electron chi connectivity index (χ3n) is 2.18. The molecule has 0 radical (unpaired) electrons. The Hall–Kier alpha value is -1.28. The zero-order valence-electron chi connectivity index (χ0n) is 7.36. The van der Waals surface area contributed by atoms with Gasteiger partial charge >= 0.3 is 0 Å². The first-order chi connectivity index (χ1) is 6.42. The molecule has 2 heteroatoms. The van der Waals surface area contributed by atoms with Gasteiger partial charge in [0, 0.05) is 12.0 Å². The normalized spacial score (nSPS) is 14.5. The Labute approximate surface area is 77.5 Å². The van der Waals surface area contributed by atoms with E-state index in [1.807, 2.05) is 24.3 Å². The van der Waals surface area contributed by atoms with Gasteiger partial charge in [0.15, 0.2) is 0 Å². The number of rotatable bonds is 2. The first kappa shape index (κ1) is 8.32. The van der Waals surface area contributed by atoms with E-state index in [9.17, 15) is 0 Å². The molecule has 0 atom stereocenters. The summed E-state index contributed by atoms with van der Waals surface area (Å²) in [5.41, 5.74) is 2.41. The molecule has 1 heterocycles. The van der Waals surface area contributed by atoms with Crippen LogP contribution in [-0.2, 0) is 6.42 Å². The molecule has 0 aliphatic carbocycles. The molecule has 1 aliphatic rings. The molecule has 1 aromatic carbocycles. The monoisotopic (exact) mass is 176 g/mol. The van der Waals surface area contributed by atoms with Crippen molar-refractivity contribution in [2.45, 2.75) is 6.42 Å². The van der Waals surface area contributed by atoms with Gasteiger partial charge in [0.25, 0.3) is 0 Å². The number of hydrogen-bond donors (Lipinski definition) is 1. The van der Waals surface area contributed by atoms with Crippen LogP contribution in [0.5, 0.6) is 5.75 Å². The van der Waals surface area contributed by atoms with Crippen molar-refractivity contribution in [2.24, 2.45) is 0 Å². The van der Waals surface area contributed by atoms with Crippen molar-refractivity contribution in [3.63, 3.8) is 0 Å². The Morgan fingerprint density at radius 3 is 3.23 bits per heavy atom. The van der Waals surface area contributed by atoms with E-state index in [4.69, 9.17) is 9.84 Å². The fourth-order valence-electron chi connectivity index (χ4n) is 1.58. The van der Waals surface area contributed by atoms with Crippen LogP contribution in [0.25, 0.3) is 6.08 Å². The highest BCUT2D eigenvalue weighted by Crippen LogP contribution is 2.28. The summed E-state index contributed by atoms with van der Waals surface area (Å²) < 4.78 is 5.42. The molecule has 0 bridgehead atoms. The molecule has 13 heavy (non-hydrogen) atoms. The van der Waals surface area contributed by atoms with Gasteiger partial charge in [-0.1, -0.05) is 24.3 Å². The molecule has 68 valence electrons. The van der Waals surface area contributed by atoms with Gasteiger partial charge in [0.1, 0.15) is 5.75 Å². The highest BCUT2D eigenvalue weighted by molar-refractivity contribution is 5.59. The Morgan fingerprint density at radius 2 is 2.38 bits per heavy atom. The Balaban J connectivity index is 2.36. The van der Waals surface area contributed by atoms with E-state index in [0.717, 1.165) is 24.3 Å². The molecule has 1 aromatic rings. The fourth-order valence-corrected chi connectivity index (χ4v) is 1.58. The van der Waals surface area contributed by atoms with Crippen LogP contribution in [0.4, 0.5) is 0 Å². The first-order valence-corrected chi connectivity index (χ1v) is 4.44. The summed E-state index contributed by atoms with van der Waals surface area (Å²) in [7, 11) is 0. The molecule has 0 spiro atoms. The van der Waals surface area contributed by atoms with Crippen LogP contribution in [0.2, 0.25) is 0 Å². The lowest BCUT2D eigenvalue weighted by molar-refractivity contribution is 0.343. The lowest BCUT2D eigenvalue weighted by atomic mass is 10.1. The Kier molecular flexibility index (Phi) is 2.32. The van der Waals surface area contributed by atoms with Gasteiger partial charge in [-0.3, -0.25) is 0 Å². The number of benzene rings is 1. The van der Waals surface area contributed by atoms with E-state index >= 15 is 0 Å². The average molecular weight is 176 g/mol. The molecule has 1 N–H and O–H groups in total. The first-order valence-electron chi connectivity index (χ1n) is 4.44. The summed E-state index contributed by atoms with van der Waals surface area (Å²) in [5.74, 6) is 0.986. The van der Waals surface area contributed by atoms with E-state index in [2.05, 4.69) is 0 Å². The van der Waals surface area contributed by atoms with Gasteiger partial charge in [-0.2, -0.15) is 0 Å². The highest BCUT2D eigenvalue weighted by Gasteiger charge is 2.13. The van der Waals surface area contributed by atoms with E-state index in [1.54, 1.807) is 6.08 Å². The molecule has 1 aliphatic heterocycles. The summed E-state index contributed by atoms with van der Waals surface area (Å²) in [6.45, 7) is 0.865. The number of aliphatic hydroxyl groups excluding tert-OH is 1. The molecule has 2 nitrogen and oxygen atoms in total. The van der Waals surface area contributed by atoms with Crippen molar-refractivity contribution in [1.29, 1.82) is 0 Å². The van der Waals surface area contributed by atoms with Gasteiger partial charge in [-0.05, 0) is 11.6 Å². The Morgan fingerprint density at radius 1 is 1.46 bits per heavy atom. The van der Waals surface area contributed by atoms with Gasteiger partial charge < -0.3 is 9.84 Å². The number of ether oxygens (including phenoxy) is 1. The molecule has 0 amide bonds. The molecule has 2 rings (SSSR count). The molecule has 0 fully saturated rings. The molecule has 0 saturated carbocycles. The second kappa shape index (κ2) is 3.62. The standard InChI is InChI=1S/C11H12O2/c12-7-2-4-9-3-1-5-11-10(9)6-8-13-11/h1-5,12H,6-8H2/b4-2+. The summed E-state index contributed by atoms with van der Waals surface area (Å²) in [4.78, 5) is 0. The third-order valence-corrected chi connectivity index (χ3v) is 2.18. The Bertz CT molecular complexity index is 329. The largest absolute Gasteiger partial charge is 0.493 e. The number of fused-ring (bicyclic) bond motifs is 1. The summed E-state index contributed by atoms with van der Waals surface area (Å²) in [5, 5.41) is 8.66. The predicted molar refractivity (Wildman–Crippen MR) is 51.8 cm³/mol. The van der Waals surface area contributed by atoms with Crippen LogP contribution in [0, 0.1) is 0 Å². The minimum Gasteiger partial charge on any atom is -0.493 e. The van der Waals surface area contributed by atoms with Crippen LogP contribution in [0.1, 0.15) is 11.1 Å². The van der Waals surface area contributed by atoms with Crippen molar-refractivity contribution in [3.05, 3.63) is 35.4 Å². The summed E-state index contributed by atoms with van der Waals surface area (Å²) >= 11 is 0. The van der Waals surface area contributed by atoms with E-state index in [1.165, 1.54) is 5.56 Å². The van der Waals surface area contributed by atoms with Crippen molar-refractivity contribution in [2.75, 3.05) is 13.2 Å². The second-order valence-corrected chi connectivity index (χ2v) is 3.01. The average Bonchev–Trinajstić information content (AvgIpc) is 2.62. The minimum atomic E-state index is 0.0878. The smallest absolute Gasteiger partial charge is 0.123 e. The maximum Gasteiger partial charge on any atom is 0.123 e. The molecule has 0 saturated heterocycles. The minimum absolute atomic E-state index is 0.0878. The topological polar surface area (TPSA) is 29.5 Å². The van der Waals surface area contributed by atoms with Gasteiger partial charge in [-0.15, -0.1) is 0 Å². The summed E-state index contributed by atoms with van der Waals surface area (Å²) in [6.07, 6.45) is 4.66.